The number of thioether (sulfide) groups is 1. The van der Waals surface area contributed by atoms with E-state index in [1.165, 1.54) is 0 Å². The van der Waals surface area contributed by atoms with E-state index in [4.69, 9.17) is 0 Å². The van der Waals surface area contributed by atoms with E-state index in [2.05, 4.69) is 32.8 Å². The molecule has 0 spiro atoms. The number of hydrogen-bond donors (Lipinski definition) is 0. The van der Waals surface area contributed by atoms with Gasteiger partial charge in [-0.1, -0.05) is 0 Å². The summed E-state index contributed by atoms with van der Waals surface area (Å²) in [5, 5.41) is 20.0. The van der Waals surface area contributed by atoms with E-state index in [9.17, 15) is 5.21 Å². The zero-order valence-electron chi connectivity index (χ0n) is 8.79. The maximum absolute atomic E-state index is 11.8. The van der Waals surface area contributed by atoms with Gasteiger partial charge in [-0.15, -0.1) is 11.8 Å². The summed E-state index contributed by atoms with van der Waals surface area (Å²) in [6.07, 6.45) is 3.70. The van der Waals surface area contributed by atoms with Crippen LogP contribution in [0.15, 0.2) is 29.3 Å². The summed E-state index contributed by atoms with van der Waals surface area (Å²) in [6.45, 7) is 0. The first-order chi connectivity index (χ1) is 8.20. The van der Waals surface area contributed by atoms with Crippen LogP contribution in [-0.4, -0.2) is 21.0 Å². The highest BCUT2D eigenvalue weighted by atomic mass is 127. The molecule has 0 fully saturated rings. The molecular weight excluding hydrogens is 351 g/mol. The van der Waals surface area contributed by atoms with Crippen LogP contribution in [0.3, 0.4) is 0 Å². The van der Waals surface area contributed by atoms with Crippen LogP contribution >= 0.6 is 34.4 Å². The van der Waals surface area contributed by atoms with Gasteiger partial charge in [-0.3, -0.25) is 0 Å². The molecule has 3 rings (SSSR count). The van der Waals surface area contributed by atoms with E-state index in [1.807, 2.05) is 18.4 Å². The molecule has 0 saturated carbocycles. The first-order valence-electron chi connectivity index (χ1n) is 4.81. The van der Waals surface area contributed by atoms with Crippen molar-refractivity contribution in [1.82, 2.24) is 14.7 Å². The molecule has 5 nitrogen and oxygen atoms in total. The summed E-state index contributed by atoms with van der Waals surface area (Å²) in [5.41, 5.74) is 1.89. The molecule has 0 aliphatic rings. The standard InChI is InChI=1S/C10H7IN4OS/c1-17-6-2-3-8-9(4-6)14-10(13-15(8)16)7(11)5-12-14/h2-5H,1H3. The van der Waals surface area contributed by atoms with Gasteiger partial charge in [0.2, 0.25) is 5.65 Å². The highest BCUT2D eigenvalue weighted by Crippen LogP contribution is 2.21. The molecule has 0 bridgehead atoms. The molecule has 2 heterocycles. The van der Waals surface area contributed by atoms with Crippen LogP contribution < -0.4 is 4.85 Å². The Morgan fingerprint density at radius 1 is 1.47 bits per heavy atom. The van der Waals surface area contributed by atoms with Crippen LogP contribution in [-0.2, 0) is 0 Å². The number of hydrogen-bond acceptors (Lipinski definition) is 4. The molecule has 3 aromatic rings. The fourth-order valence-corrected chi connectivity index (χ4v) is 2.58. The van der Waals surface area contributed by atoms with Crippen molar-refractivity contribution in [2.24, 2.45) is 0 Å². The van der Waals surface area contributed by atoms with Crippen LogP contribution in [0, 0.1) is 8.78 Å². The molecule has 0 N–H and O–H groups in total. The second kappa shape index (κ2) is 3.98. The number of nitrogens with zero attached hydrogens (tertiary/aromatic N) is 4. The first kappa shape index (κ1) is 11.0. The second-order valence-corrected chi connectivity index (χ2v) is 5.50. The van der Waals surface area contributed by atoms with E-state index in [-0.39, 0.29) is 0 Å². The van der Waals surface area contributed by atoms with Gasteiger partial charge in [0.1, 0.15) is 5.52 Å². The Bertz CT molecular complexity index is 727. The SMILES string of the molecule is CSc1ccc2c(c1)n1ncc(I)c1n[n+]2[O-]. The lowest BCUT2D eigenvalue weighted by molar-refractivity contribution is -0.640. The van der Waals surface area contributed by atoms with Crippen LogP contribution in [0.2, 0.25) is 0 Å². The van der Waals surface area contributed by atoms with Crippen molar-refractivity contribution < 1.29 is 4.85 Å². The van der Waals surface area contributed by atoms with Gasteiger partial charge in [-0.25, -0.2) is 4.52 Å². The van der Waals surface area contributed by atoms with Gasteiger partial charge in [-0.2, -0.15) is 5.10 Å². The van der Waals surface area contributed by atoms with Crippen molar-refractivity contribution in [3.05, 3.63) is 33.2 Å². The number of rotatable bonds is 1. The summed E-state index contributed by atoms with van der Waals surface area (Å²) >= 11 is 3.75. The molecule has 0 amide bonds. The number of fused-ring (bicyclic) bond motifs is 3. The van der Waals surface area contributed by atoms with Crippen molar-refractivity contribution in [3.8, 4) is 0 Å². The molecule has 0 aliphatic carbocycles. The number of benzene rings is 1. The largest absolute Gasteiger partial charge is 0.594 e. The summed E-state index contributed by atoms with van der Waals surface area (Å²) < 4.78 is 2.56. The van der Waals surface area contributed by atoms with Gasteiger partial charge in [0.05, 0.1) is 9.77 Å². The average Bonchev–Trinajstić information content (AvgIpc) is 2.71. The van der Waals surface area contributed by atoms with Gasteiger partial charge >= 0.3 is 0 Å². The Morgan fingerprint density at radius 3 is 3.06 bits per heavy atom. The number of halogens is 1. The minimum atomic E-state index is 0.523. The maximum Gasteiger partial charge on any atom is 0.270 e. The minimum absolute atomic E-state index is 0.523. The Balaban J connectivity index is 2.52. The van der Waals surface area contributed by atoms with Crippen molar-refractivity contribution in [2.75, 3.05) is 6.26 Å². The number of aromatic nitrogens is 4. The van der Waals surface area contributed by atoms with Crippen molar-refractivity contribution >= 4 is 51.0 Å². The molecule has 17 heavy (non-hydrogen) atoms. The zero-order valence-corrected chi connectivity index (χ0v) is 11.8. The Morgan fingerprint density at radius 2 is 2.29 bits per heavy atom. The maximum atomic E-state index is 11.8. The lowest BCUT2D eigenvalue weighted by atomic mass is 10.3. The highest BCUT2D eigenvalue weighted by Gasteiger charge is 2.15. The molecule has 0 aliphatic heterocycles. The molecule has 2 aromatic heterocycles. The average molecular weight is 358 g/mol. The lowest BCUT2D eigenvalue weighted by Gasteiger charge is -2.03. The minimum Gasteiger partial charge on any atom is -0.594 e. The molecule has 0 radical (unpaired) electrons. The van der Waals surface area contributed by atoms with Crippen LogP contribution in [0.25, 0.3) is 16.7 Å². The third-order valence-electron chi connectivity index (χ3n) is 2.50. The van der Waals surface area contributed by atoms with Crippen LogP contribution in [0.1, 0.15) is 0 Å². The quantitative estimate of drug-likeness (QED) is 0.288. The van der Waals surface area contributed by atoms with E-state index < -0.39 is 0 Å². The monoisotopic (exact) mass is 358 g/mol. The Kier molecular flexibility index (Phi) is 2.58. The van der Waals surface area contributed by atoms with E-state index in [0.717, 1.165) is 14.0 Å². The van der Waals surface area contributed by atoms with Crippen LogP contribution in [0.4, 0.5) is 0 Å². The summed E-state index contributed by atoms with van der Waals surface area (Å²) in [7, 11) is 0. The second-order valence-electron chi connectivity index (χ2n) is 3.46. The van der Waals surface area contributed by atoms with Gasteiger partial charge in [0.15, 0.2) is 0 Å². The highest BCUT2D eigenvalue weighted by molar-refractivity contribution is 14.1. The van der Waals surface area contributed by atoms with Gasteiger partial charge < -0.3 is 5.21 Å². The Hall–Kier alpha value is -1.09. The predicted octanol–water partition coefficient (Wildman–Crippen LogP) is 1.84. The normalized spacial score (nSPS) is 11.4. The van der Waals surface area contributed by atoms with Gasteiger partial charge in [0, 0.05) is 16.1 Å². The zero-order chi connectivity index (χ0) is 12.0. The molecule has 0 unspecified atom stereocenters. The third-order valence-corrected chi connectivity index (χ3v) is 3.99. The topological polar surface area (TPSA) is 57.1 Å². The fourth-order valence-electron chi connectivity index (χ4n) is 1.69. The molecule has 1 aromatic carbocycles. The molecule has 86 valence electrons. The van der Waals surface area contributed by atoms with Crippen molar-refractivity contribution in [3.63, 3.8) is 0 Å². The Labute approximate surface area is 115 Å². The third kappa shape index (κ3) is 1.64. The van der Waals surface area contributed by atoms with Crippen molar-refractivity contribution in [1.29, 1.82) is 0 Å². The van der Waals surface area contributed by atoms with Crippen LogP contribution in [0.5, 0.6) is 0 Å². The van der Waals surface area contributed by atoms with E-state index in [1.54, 1.807) is 28.5 Å². The molecule has 7 heteroatoms. The van der Waals surface area contributed by atoms with Gasteiger partial charge in [0.25, 0.3) is 5.52 Å². The molecule has 0 saturated heterocycles. The smallest absolute Gasteiger partial charge is 0.270 e. The molecule has 0 atom stereocenters. The lowest BCUT2D eigenvalue weighted by Crippen LogP contribution is -2.33. The summed E-state index contributed by atoms with van der Waals surface area (Å²) in [6, 6.07) is 5.63. The van der Waals surface area contributed by atoms with Crippen molar-refractivity contribution in [2.45, 2.75) is 4.90 Å². The van der Waals surface area contributed by atoms with E-state index in [0.29, 0.717) is 16.0 Å². The summed E-state index contributed by atoms with van der Waals surface area (Å²) in [5.74, 6) is 0. The predicted molar refractivity (Wildman–Crippen MR) is 74.0 cm³/mol. The molecular formula is C10H7IN4OS. The summed E-state index contributed by atoms with van der Waals surface area (Å²) in [4.78, 5) is 1.74. The fraction of sp³-hybridized carbons (Fsp3) is 0.100. The van der Waals surface area contributed by atoms with Gasteiger partial charge in [-0.05, 0) is 45.8 Å². The van der Waals surface area contributed by atoms with E-state index >= 15 is 0 Å². The first-order valence-corrected chi connectivity index (χ1v) is 7.12.